The highest BCUT2D eigenvalue weighted by molar-refractivity contribution is 5.92. The third kappa shape index (κ3) is 5.01. The van der Waals surface area contributed by atoms with Gasteiger partial charge >= 0.3 is 11.9 Å². The van der Waals surface area contributed by atoms with Crippen LogP contribution in [0.15, 0.2) is 0 Å². The molecule has 0 aromatic carbocycles. The molecule has 0 aromatic heterocycles. The second-order valence-corrected chi connectivity index (χ2v) is 7.67. The van der Waals surface area contributed by atoms with Gasteiger partial charge in [-0.2, -0.15) is 0 Å². The number of hydrogen-bond acceptors (Lipinski definition) is 5. The molecule has 2 aliphatic rings. The zero-order valence-electron chi connectivity index (χ0n) is 14.4. The Labute approximate surface area is 139 Å². The maximum atomic E-state index is 12.3. The Morgan fingerprint density at radius 1 is 1.04 bits per heavy atom. The minimum Gasteiger partial charge on any atom is -0.391 e. The summed E-state index contributed by atoms with van der Waals surface area (Å²) in [5.41, 5.74) is 11.1. The van der Waals surface area contributed by atoms with Gasteiger partial charge in [-0.15, -0.1) is 0 Å². The lowest BCUT2D eigenvalue weighted by Gasteiger charge is -2.34. The van der Waals surface area contributed by atoms with Gasteiger partial charge in [0.05, 0.1) is 0 Å². The number of hydrogen-bond donors (Lipinski definition) is 2. The van der Waals surface area contributed by atoms with Crippen LogP contribution in [0.3, 0.4) is 0 Å². The van der Waals surface area contributed by atoms with E-state index in [-0.39, 0.29) is 5.92 Å². The zero-order valence-corrected chi connectivity index (χ0v) is 14.4. The van der Waals surface area contributed by atoms with Gasteiger partial charge in [-0.3, -0.25) is 0 Å². The molecule has 2 fully saturated rings. The lowest BCUT2D eigenvalue weighted by molar-refractivity contribution is -0.166. The molecule has 0 bridgehead atoms. The average molecular weight is 324 g/mol. The first-order valence-corrected chi connectivity index (χ1v) is 9.22. The molecule has 0 heterocycles. The molecule has 1 unspecified atom stereocenters. The summed E-state index contributed by atoms with van der Waals surface area (Å²) in [5.74, 6) is -0.670. The van der Waals surface area contributed by atoms with Gasteiger partial charge in [-0.05, 0) is 38.0 Å². The number of carbonyl (C=O) groups is 2. The number of ether oxygens (including phenoxy) is 1. The minimum atomic E-state index is -1.10. The number of carbonyl (C=O) groups excluding carboxylic acids is 2. The standard InChI is InChI=1S/C18H32N2O3/c1-18(20,14-10-6-3-7-11-14)17(22)23-16(21)15(19)12-13-8-4-2-5-9-13/h13-15H,2-12,19-20H2,1H3/t15?,18-/m1/s1. The van der Waals surface area contributed by atoms with Crippen LogP contribution in [0.4, 0.5) is 0 Å². The maximum Gasteiger partial charge on any atom is 0.333 e. The maximum absolute atomic E-state index is 12.3. The fourth-order valence-corrected chi connectivity index (χ4v) is 4.02. The second kappa shape index (κ2) is 8.25. The summed E-state index contributed by atoms with van der Waals surface area (Å²) in [6.45, 7) is 1.69. The molecular formula is C18H32N2O3. The Bertz CT molecular complexity index is 410. The molecule has 5 nitrogen and oxygen atoms in total. The molecular weight excluding hydrogens is 292 g/mol. The highest BCUT2D eigenvalue weighted by atomic mass is 16.6. The van der Waals surface area contributed by atoms with Crippen LogP contribution >= 0.6 is 0 Å². The van der Waals surface area contributed by atoms with Gasteiger partial charge in [0.25, 0.3) is 0 Å². The molecule has 132 valence electrons. The van der Waals surface area contributed by atoms with E-state index in [9.17, 15) is 9.59 Å². The van der Waals surface area contributed by atoms with Gasteiger partial charge in [0.1, 0.15) is 11.6 Å². The van der Waals surface area contributed by atoms with Crippen LogP contribution in [-0.4, -0.2) is 23.5 Å². The summed E-state index contributed by atoms with van der Waals surface area (Å²) in [4.78, 5) is 24.5. The fraction of sp³-hybridized carbons (Fsp3) is 0.889. The topological polar surface area (TPSA) is 95.4 Å². The van der Waals surface area contributed by atoms with Gasteiger partial charge in [-0.25, -0.2) is 9.59 Å². The van der Waals surface area contributed by atoms with Gasteiger partial charge in [0.2, 0.25) is 0 Å². The Kier molecular flexibility index (Phi) is 6.60. The van der Waals surface area contributed by atoms with Crippen LogP contribution in [0, 0.1) is 11.8 Å². The molecule has 0 amide bonds. The smallest absolute Gasteiger partial charge is 0.333 e. The van der Waals surface area contributed by atoms with E-state index in [1.807, 2.05) is 0 Å². The SMILES string of the molecule is C[C@](N)(C(=O)OC(=O)C(N)CC1CCCCC1)C1CCCCC1. The normalized spacial score (nSPS) is 24.7. The lowest BCUT2D eigenvalue weighted by Crippen LogP contribution is -2.54. The van der Waals surface area contributed by atoms with Crippen LogP contribution in [0.1, 0.15) is 77.6 Å². The summed E-state index contributed by atoms with van der Waals surface area (Å²) in [6, 6.07) is -0.718. The first-order valence-electron chi connectivity index (χ1n) is 9.22. The first kappa shape index (κ1) is 18.4. The molecule has 0 saturated heterocycles. The van der Waals surface area contributed by atoms with Crippen molar-refractivity contribution in [3.05, 3.63) is 0 Å². The third-order valence-electron chi connectivity index (χ3n) is 5.70. The number of nitrogens with two attached hydrogens (primary N) is 2. The summed E-state index contributed by atoms with van der Waals surface area (Å²) in [7, 11) is 0. The Hall–Kier alpha value is -0.940. The Balaban J connectivity index is 1.83. The number of esters is 2. The Morgan fingerprint density at radius 2 is 1.57 bits per heavy atom. The Morgan fingerprint density at radius 3 is 2.13 bits per heavy atom. The molecule has 2 aliphatic carbocycles. The van der Waals surface area contributed by atoms with Crippen LogP contribution in [0.2, 0.25) is 0 Å². The third-order valence-corrected chi connectivity index (χ3v) is 5.70. The van der Waals surface area contributed by atoms with E-state index in [1.165, 1.54) is 25.7 Å². The van der Waals surface area contributed by atoms with E-state index in [0.29, 0.717) is 12.3 Å². The predicted octanol–water partition coefficient (Wildman–Crippen LogP) is 2.65. The van der Waals surface area contributed by atoms with E-state index in [0.717, 1.165) is 38.5 Å². The lowest BCUT2D eigenvalue weighted by atomic mass is 9.76. The van der Waals surface area contributed by atoms with Crippen molar-refractivity contribution in [2.24, 2.45) is 23.3 Å². The fourth-order valence-electron chi connectivity index (χ4n) is 4.02. The van der Waals surface area contributed by atoms with E-state index in [1.54, 1.807) is 6.92 Å². The number of rotatable bonds is 5. The van der Waals surface area contributed by atoms with E-state index < -0.39 is 23.5 Å². The molecule has 2 rings (SSSR count). The summed E-state index contributed by atoms with van der Waals surface area (Å²) in [6.07, 6.45) is 11.7. The van der Waals surface area contributed by atoms with Gasteiger partial charge in [0, 0.05) is 0 Å². The minimum absolute atomic E-state index is 0.0890. The van der Waals surface area contributed by atoms with E-state index in [2.05, 4.69) is 0 Å². The van der Waals surface area contributed by atoms with Crippen LogP contribution in [0.25, 0.3) is 0 Å². The summed E-state index contributed by atoms with van der Waals surface area (Å²) in [5, 5.41) is 0. The molecule has 23 heavy (non-hydrogen) atoms. The van der Waals surface area contributed by atoms with Crippen molar-refractivity contribution in [2.45, 2.75) is 89.1 Å². The van der Waals surface area contributed by atoms with Crippen molar-refractivity contribution < 1.29 is 14.3 Å². The molecule has 0 aromatic rings. The monoisotopic (exact) mass is 324 g/mol. The quantitative estimate of drug-likeness (QED) is 0.599. The first-order chi connectivity index (χ1) is 10.9. The molecule has 0 spiro atoms. The van der Waals surface area contributed by atoms with Crippen molar-refractivity contribution in [3.63, 3.8) is 0 Å². The van der Waals surface area contributed by atoms with Crippen molar-refractivity contribution in [3.8, 4) is 0 Å². The predicted molar refractivity (Wildman–Crippen MR) is 89.4 cm³/mol. The molecule has 0 radical (unpaired) electrons. The van der Waals surface area contributed by atoms with Crippen LogP contribution in [-0.2, 0) is 14.3 Å². The van der Waals surface area contributed by atoms with Crippen molar-refractivity contribution in [2.75, 3.05) is 0 Å². The molecule has 5 heteroatoms. The molecule has 2 atom stereocenters. The highest BCUT2D eigenvalue weighted by Gasteiger charge is 2.41. The zero-order chi connectivity index (χ0) is 16.9. The van der Waals surface area contributed by atoms with Crippen molar-refractivity contribution in [1.29, 1.82) is 0 Å². The van der Waals surface area contributed by atoms with Crippen LogP contribution in [0.5, 0.6) is 0 Å². The summed E-state index contributed by atoms with van der Waals surface area (Å²) >= 11 is 0. The molecule has 4 N–H and O–H groups in total. The van der Waals surface area contributed by atoms with Crippen molar-refractivity contribution >= 4 is 11.9 Å². The van der Waals surface area contributed by atoms with E-state index >= 15 is 0 Å². The van der Waals surface area contributed by atoms with Gasteiger partial charge in [0.15, 0.2) is 0 Å². The molecule has 2 saturated carbocycles. The van der Waals surface area contributed by atoms with Gasteiger partial charge in [-0.1, -0.05) is 51.4 Å². The van der Waals surface area contributed by atoms with Crippen molar-refractivity contribution in [1.82, 2.24) is 0 Å². The second-order valence-electron chi connectivity index (χ2n) is 7.67. The average Bonchev–Trinajstić information content (AvgIpc) is 2.56. The van der Waals surface area contributed by atoms with Crippen LogP contribution < -0.4 is 11.5 Å². The highest BCUT2D eigenvalue weighted by Crippen LogP contribution is 2.32. The van der Waals surface area contributed by atoms with Gasteiger partial charge < -0.3 is 16.2 Å². The van der Waals surface area contributed by atoms with E-state index in [4.69, 9.17) is 16.2 Å². The molecule has 0 aliphatic heterocycles. The largest absolute Gasteiger partial charge is 0.391 e. The summed E-state index contributed by atoms with van der Waals surface area (Å²) < 4.78 is 5.04.